The lowest BCUT2D eigenvalue weighted by Gasteiger charge is -2.14. The Balaban J connectivity index is 1.81. The summed E-state index contributed by atoms with van der Waals surface area (Å²) in [6, 6.07) is 5.30. The second-order valence-corrected chi connectivity index (χ2v) is 7.34. The minimum Gasteiger partial charge on any atom is -0.508 e. The van der Waals surface area contributed by atoms with Crippen molar-refractivity contribution in [3.8, 4) is 28.6 Å². The fourth-order valence-corrected chi connectivity index (χ4v) is 3.85. The van der Waals surface area contributed by atoms with Gasteiger partial charge in [0, 0.05) is 17.7 Å². The number of hydrogen-bond donors (Lipinski definition) is 2. The highest BCUT2D eigenvalue weighted by atomic mass is 19.2. The summed E-state index contributed by atoms with van der Waals surface area (Å²) < 4.78 is 38.6. The Morgan fingerprint density at radius 3 is 2.55 bits per heavy atom. The van der Waals surface area contributed by atoms with Crippen molar-refractivity contribution < 1.29 is 28.1 Å². The number of ether oxygens (including phenoxy) is 1. The average molecular weight is 402 g/mol. The highest BCUT2D eigenvalue weighted by molar-refractivity contribution is 5.88. The maximum atomic E-state index is 13.8. The predicted molar refractivity (Wildman–Crippen MR) is 103 cm³/mol. The molecule has 7 heteroatoms. The Morgan fingerprint density at radius 1 is 1.07 bits per heavy atom. The lowest BCUT2D eigenvalue weighted by atomic mass is 10.1. The van der Waals surface area contributed by atoms with Crippen LogP contribution in [0.25, 0.3) is 22.3 Å². The summed E-state index contributed by atoms with van der Waals surface area (Å²) in [5.74, 6) is -2.62. The van der Waals surface area contributed by atoms with Crippen LogP contribution in [0.5, 0.6) is 17.2 Å². The molecule has 0 amide bonds. The molecule has 1 aliphatic carbocycles. The van der Waals surface area contributed by atoms with Gasteiger partial charge in [0.25, 0.3) is 0 Å². The first-order valence-electron chi connectivity index (χ1n) is 9.55. The van der Waals surface area contributed by atoms with Crippen molar-refractivity contribution in [2.75, 3.05) is 6.61 Å². The van der Waals surface area contributed by atoms with E-state index in [1.165, 1.54) is 25.0 Å². The number of aromatic hydroxyl groups is 2. The van der Waals surface area contributed by atoms with E-state index in [1.807, 2.05) is 0 Å². The molecule has 5 nitrogen and oxygen atoms in total. The number of phenols is 2. The zero-order valence-electron chi connectivity index (χ0n) is 15.6. The highest BCUT2D eigenvalue weighted by Gasteiger charge is 2.22. The van der Waals surface area contributed by atoms with Crippen LogP contribution in [-0.4, -0.2) is 16.8 Å². The van der Waals surface area contributed by atoms with Crippen molar-refractivity contribution in [1.82, 2.24) is 0 Å². The molecule has 1 heterocycles. The molecule has 0 atom stereocenters. The lowest BCUT2D eigenvalue weighted by molar-refractivity contribution is 0.273. The third-order valence-electron chi connectivity index (χ3n) is 5.35. The molecule has 0 saturated heterocycles. The molecule has 1 saturated carbocycles. The van der Waals surface area contributed by atoms with E-state index in [2.05, 4.69) is 0 Å². The average Bonchev–Trinajstić information content (AvgIpc) is 3.18. The van der Waals surface area contributed by atoms with Gasteiger partial charge in [0.1, 0.15) is 22.5 Å². The van der Waals surface area contributed by atoms with Crippen LogP contribution in [-0.2, 0) is 0 Å². The van der Waals surface area contributed by atoms with Gasteiger partial charge in [-0.2, -0.15) is 0 Å². The van der Waals surface area contributed by atoms with E-state index in [-0.39, 0.29) is 40.4 Å². The van der Waals surface area contributed by atoms with E-state index in [4.69, 9.17) is 9.15 Å². The second kappa shape index (κ2) is 7.73. The first-order chi connectivity index (χ1) is 13.9. The molecule has 152 valence electrons. The van der Waals surface area contributed by atoms with Crippen LogP contribution in [0.2, 0.25) is 0 Å². The van der Waals surface area contributed by atoms with E-state index in [0.717, 1.165) is 37.5 Å². The largest absolute Gasteiger partial charge is 0.508 e. The first-order valence-corrected chi connectivity index (χ1v) is 9.55. The van der Waals surface area contributed by atoms with Crippen molar-refractivity contribution in [2.24, 2.45) is 5.92 Å². The van der Waals surface area contributed by atoms with Crippen LogP contribution in [0, 0.1) is 17.6 Å². The van der Waals surface area contributed by atoms with Crippen LogP contribution in [0.4, 0.5) is 8.78 Å². The molecule has 0 spiro atoms. The predicted octanol–water partition coefficient (Wildman–Crippen LogP) is 5.11. The van der Waals surface area contributed by atoms with Crippen LogP contribution >= 0.6 is 0 Å². The number of fused-ring (bicyclic) bond motifs is 1. The molecule has 2 N–H and O–H groups in total. The lowest BCUT2D eigenvalue weighted by Crippen LogP contribution is -2.13. The van der Waals surface area contributed by atoms with E-state index < -0.39 is 22.8 Å². The van der Waals surface area contributed by atoms with Crippen molar-refractivity contribution in [3.63, 3.8) is 0 Å². The fraction of sp³-hybridized carbons (Fsp3) is 0.318. The van der Waals surface area contributed by atoms with Crippen LogP contribution in [0.15, 0.2) is 39.5 Å². The minimum absolute atomic E-state index is 0.0854. The Morgan fingerprint density at radius 2 is 1.83 bits per heavy atom. The molecule has 0 bridgehead atoms. The summed E-state index contributed by atoms with van der Waals surface area (Å²) >= 11 is 0. The standard InChI is InChI=1S/C22H20F2O5/c23-15-6-5-13(9-16(15)24)21-22(28-8-7-12-3-1-2-4-12)20(27)19-17(26)10-14(25)11-18(19)29-21/h5-6,9-12,25-26H,1-4,7-8H2. The summed E-state index contributed by atoms with van der Waals surface area (Å²) in [6.45, 7) is 0.260. The Kier molecular flexibility index (Phi) is 5.13. The van der Waals surface area contributed by atoms with Gasteiger partial charge in [0.05, 0.1) is 6.61 Å². The maximum Gasteiger partial charge on any atom is 0.239 e. The van der Waals surface area contributed by atoms with E-state index >= 15 is 0 Å². The summed E-state index contributed by atoms with van der Waals surface area (Å²) in [7, 11) is 0. The third-order valence-corrected chi connectivity index (χ3v) is 5.35. The molecule has 1 aromatic heterocycles. The minimum atomic E-state index is -1.10. The van der Waals surface area contributed by atoms with Crippen LogP contribution in [0.3, 0.4) is 0 Å². The molecule has 0 unspecified atom stereocenters. The molecule has 1 aliphatic rings. The number of phenolic OH excluding ortho intramolecular Hbond substituents is 2. The van der Waals surface area contributed by atoms with Crippen molar-refractivity contribution in [1.29, 1.82) is 0 Å². The molecule has 29 heavy (non-hydrogen) atoms. The van der Waals surface area contributed by atoms with Crippen LogP contribution in [0.1, 0.15) is 32.1 Å². The van der Waals surface area contributed by atoms with E-state index in [1.54, 1.807) is 0 Å². The molecule has 3 aromatic rings. The van der Waals surface area contributed by atoms with Gasteiger partial charge in [-0.1, -0.05) is 25.7 Å². The zero-order valence-corrected chi connectivity index (χ0v) is 15.6. The van der Waals surface area contributed by atoms with Gasteiger partial charge in [-0.25, -0.2) is 8.78 Å². The Hall–Kier alpha value is -3.09. The highest BCUT2D eigenvalue weighted by Crippen LogP contribution is 2.36. The molecule has 0 aliphatic heterocycles. The molecular weight excluding hydrogens is 382 g/mol. The van der Waals surface area contributed by atoms with Crippen LogP contribution < -0.4 is 10.2 Å². The van der Waals surface area contributed by atoms with Crippen molar-refractivity contribution in [3.05, 3.63) is 52.2 Å². The summed E-state index contributed by atoms with van der Waals surface area (Å²) in [5.41, 5.74) is -0.619. The molecule has 0 radical (unpaired) electrons. The molecule has 4 rings (SSSR count). The quantitative estimate of drug-likeness (QED) is 0.620. The summed E-state index contributed by atoms with van der Waals surface area (Å²) in [6.07, 6.45) is 5.36. The maximum absolute atomic E-state index is 13.8. The fourth-order valence-electron chi connectivity index (χ4n) is 3.85. The number of benzene rings is 2. The van der Waals surface area contributed by atoms with Gasteiger partial charge in [-0.15, -0.1) is 0 Å². The Bertz CT molecular complexity index is 1120. The summed E-state index contributed by atoms with van der Waals surface area (Å²) in [5, 5.41) is 19.7. The normalized spacial score (nSPS) is 14.6. The number of rotatable bonds is 5. The molecule has 1 fully saturated rings. The number of halogens is 2. The van der Waals surface area contributed by atoms with Gasteiger partial charge in [0.15, 0.2) is 17.4 Å². The Labute approximate surface area is 165 Å². The van der Waals surface area contributed by atoms with E-state index in [9.17, 15) is 23.8 Å². The SMILES string of the molecule is O=c1c(OCCC2CCCC2)c(-c2ccc(F)c(F)c2)oc2cc(O)cc(O)c12. The van der Waals surface area contributed by atoms with Crippen molar-refractivity contribution >= 4 is 11.0 Å². The third kappa shape index (κ3) is 3.77. The van der Waals surface area contributed by atoms with Gasteiger partial charge in [-0.05, 0) is 30.5 Å². The van der Waals surface area contributed by atoms with Gasteiger partial charge in [-0.3, -0.25) is 4.79 Å². The van der Waals surface area contributed by atoms with E-state index in [0.29, 0.717) is 5.92 Å². The topological polar surface area (TPSA) is 79.9 Å². The molecular formula is C22H20F2O5. The molecule has 2 aromatic carbocycles. The number of hydrogen-bond acceptors (Lipinski definition) is 5. The van der Waals surface area contributed by atoms with Gasteiger partial charge in [0.2, 0.25) is 11.2 Å². The zero-order chi connectivity index (χ0) is 20.5. The van der Waals surface area contributed by atoms with Crippen molar-refractivity contribution in [2.45, 2.75) is 32.1 Å². The monoisotopic (exact) mass is 402 g/mol. The smallest absolute Gasteiger partial charge is 0.239 e. The first kappa shape index (κ1) is 19.2. The summed E-state index contributed by atoms with van der Waals surface area (Å²) in [4.78, 5) is 13.0. The van der Waals surface area contributed by atoms with Gasteiger partial charge < -0.3 is 19.4 Å². The second-order valence-electron chi connectivity index (χ2n) is 7.34. The van der Waals surface area contributed by atoms with Gasteiger partial charge >= 0.3 is 0 Å².